The zero-order valence-corrected chi connectivity index (χ0v) is 9.75. The van der Waals surface area contributed by atoms with Crippen molar-refractivity contribution in [3.63, 3.8) is 0 Å². The summed E-state index contributed by atoms with van der Waals surface area (Å²) in [4.78, 5) is 0. The SMILES string of the molecule is O=S(=O)(OCC1(F)CCC(F)(F)CC1)C(F)(F)F. The van der Waals surface area contributed by atoms with Crippen molar-refractivity contribution in [3.05, 3.63) is 0 Å². The maximum atomic E-state index is 13.7. The molecule has 0 aromatic heterocycles. The lowest BCUT2D eigenvalue weighted by Gasteiger charge is -2.33. The lowest BCUT2D eigenvalue weighted by atomic mass is 9.85. The molecule has 0 aromatic carbocycles. The van der Waals surface area contributed by atoms with Gasteiger partial charge in [0.1, 0.15) is 12.3 Å². The Labute approximate surface area is 99.2 Å². The largest absolute Gasteiger partial charge is 0.523 e. The molecule has 1 aliphatic rings. The van der Waals surface area contributed by atoms with Gasteiger partial charge in [-0.3, -0.25) is 4.18 Å². The molecule has 0 unspecified atom stereocenters. The third kappa shape index (κ3) is 3.74. The predicted octanol–water partition coefficient (Wildman–Crippen LogP) is 2.77. The topological polar surface area (TPSA) is 43.4 Å². The highest BCUT2D eigenvalue weighted by molar-refractivity contribution is 7.87. The highest BCUT2D eigenvalue weighted by Gasteiger charge is 2.50. The smallest absolute Gasteiger partial charge is 0.260 e. The van der Waals surface area contributed by atoms with Gasteiger partial charge in [-0.15, -0.1) is 0 Å². The van der Waals surface area contributed by atoms with E-state index in [9.17, 15) is 34.8 Å². The molecule has 0 atom stereocenters. The fourth-order valence-electron chi connectivity index (χ4n) is 1.46. The fourth-order valence-corrected chi connectivity index (χ4v) is 1.96. The number of alkyl halides is 6. The van der Waals surface area contributed by atoms with E-state index in [4.69, 9.17) is 0 Å². The lowest BCUT2D eigenvalue weighted by molar-refractivity contribution is -0.0901. The first kappa shape index (κ1) is 15.5. The van der Waals surface area contributed by atoms with E-state index in [0.717, 1.165) is 0 Å². The van der Waals surface area contributed by atoms with Gasteiger partial charge in [0, 0.05) is 12.8 Å². The Morgan fingerprint density at radius 2 is 1.44 bits per heavy atom. The highest BCUT2D eigenvalue weighted by atomic mass is 32.2. The maximum Gasteiger partial charge on any atom is 0.523 e. The standard InChI is InChI=1S/C8H10F6O3S/c9-6(1-3-7(10,11)4-2-6)5-17-18(15,16)8(12,13)14/h1-5H2. The monoisotopic (exact) mass is 300 g/mol. The molecule has 1 saturated carbocycles. The van der Waals surface area contributed by atoms with Gasteiger partial charge in [0.05, 0.1) is 0 Å². The van der Waals surface area contributed by atoms with Crippen molar-refractivity contribution >= 4 is 10.1 Å². The van der Waals surface area contributed by atoms with Crippen LogP contribution in [-0.4, -0.2) is 32.1 Å². The van der Waals surface area contributed by atoms with Crippen molar-refractivity contribution in [1.29, 1.82) is 0 Å². The molecule has 0 amide bonds. The Bertz CT molecular complexity index is 392. The summed E-state index contributed by atoms with van der Waals surface area (Å²) >= 11 is 0. The van der Waals surface area contributed by atoms with Gasteiger partial charge in [-0.25, -0.2) is 13.2 Å². The molecule has 0 heterocycles. The summed E-state index contributed by atoms with van der Waals surface area (Å²) in [5.74, 6) is -3.07. The van der Waals surface area contributed by atoms with Gasteiger partial charge in [-0.1, -0.05) is 0 Å². The van der Waals surface area contributed by atoms with Gasteiger partial charge < -0.3 is 0 Å². The van der Waals surface area contributed by atoms with Gasteiger partial charge in [-0.2, -0.15) is 21.6 Å². The molecule has 0 aliphatic heterocycles. The molecule has 10 heteroatoms. The number of hydrogen-bond acceptors (Lipinski definition) is 3. The molecule has 0 aromatic rings. The summed E-state index contributed by atoms with van der Waals surface area (Å²) < 4.78 is 99.3. The minimum atomic E-state index is -5.89. The normalized spacial score (nSPS) is 23.9. The first-order chi connectivity index (χ1) is 7.87. The Balaban J connectivity index is 2.60. The molecule has 1 aliphatic carbocycles. The van der Waals surface area contributed by atoms with Crippen molar-refractivity contribution < 1.29 is 38.9 Å². The molecule has 18 heavy (non-hydrogen) atoms. The Morgan fingerprint density at radius 1 is 1.00 bits per heavy atom. The number of hydrogen-bond donors (Lipinski definition) is 0. The Kier molecular flexibility index (Phi) is 3.93. The van der Waals surface area contributed by atoms with E-state index in [1.807, 2.05) is 0 Å². The summed E-state index contributed by atoms with van der Waals surface area (Å²) in [5, 5.41) is 0. The molecular weight excluding hydrogens is 290 g/mol. The van der Waals surface area contributed by atoms with Gasteiger partial charge in [0.15, 0.2) is 0 Å². The van der Waals surface area contributed by atoms with Crippen LogP contribution in [0.1, 0.15) is 25.7 Å². The van der Waals surface area contributed by atoms with E-state index < -0.39 is 59.5 Å². The molecule has 1 fully saturated rings. The molecule has 1 rings (SSSR count). The van der Waals surface area contributed by atoms with Crippen LogP contribution in [0.5, 0.6) is 0 Å². The van der Waals surface area contributed by atoms with Crippen molar-refractivity contribution in [1.82, 2.24) is 0 Å². The summed E-state index contributed by atoms with van der Waals surface area (Å²) in [6.07, 6.45) is -3.18. The van der Waals surface area contributed by atoms with Crippen LogP contribution < -0.4 is 0 Å². The van der Waals surface area contributed by atoms with Crippen LogP contribution in [0, 0.1) is 0 Å². The third-order valence-electron chi connectivity index (χ3n) is 2.63. The Morgan fingerprint density at radius 3 is 1.83 bits per heavy atom. The first-order valence-corrected chi connectivity index (χ1v) is 6.30. The lowest BCUT2D eigenvalue weighted by Crippen LogP contribution is -2.40. The number of rotatable bonds is 3. The predicted molar refractivity (Wildman–Crippen MR) is 48.2 cm³/mol. The van der Waals surface area contributed by atoms with E-state index >= 15 is 0 Å². The van der Waals surface area contributed by atoms with E-state index in [-0.39, 0.29) is 0 Å². The van der Waals surface area contributed by atoms with E-state index in [0.29, 0.717) is 0 Å². The van der Waals surface area contributed by atoms with Gasteiger partial charge in [0.2, 0.25) is 5.92 Å². The molecule has 3 nitrogen and oxygen atoms in total. The van der Waals surface area contributed by atoms with E-state index in [1.165, 1.54) is 0 Å². The molecular formula is C8H10F6O3S. The van der Waals surface area contributed by atoms with Gasteiger partial charge in [0.25, 0.3) is 0 Å². The van der Waals surface area contributed by atoms with E-state index in [2.05, 4.69) is 4.18 Å². The van der Waals surface area contributed by atoms with Crippen molar-refractivity contribution in [2.75, 3.05) is 6.61 Å². The van der Waals surface area contributed by atoms with E-state index in [1.54, 1.807) is 0 Å². The number of halogens is 6. The minimum absolute atomic E-state index is 0.743. The summed E-state index contributed by atoms with van der Waals surface area (Å²) in [7, 11) is -5.89. The molecule has 0 saturated heterocycles. The maximum absolute atomic E-state index is 13.7. The summed E-state index contributed by atoms with van der Waals surface area (Å²) in [6.45, 7) is -1.40. The highest BCUT2D eigenvalue weighted by Crippen LogP contribution is 2.41. The van der Waals surface area contributed by atoms with Crippen LogP contribution in [0.4, 0.5) is 26.3 Å². The average Bonchev–Trinajstić information content (AvgIpc) is 2.19. The zero-order valence-electron chi connectivity index (χ0n) is 8.94. The molecule has 0 bridgehead atoms. The second-order valence-electron chi connectivity index (χ2n) is 4.17. The van der Waals surface area contributed by atoms with Crippen molar-refractivity contribution in [2.45, 2.75) is 42.8 Å². The second kappa shape index (κ2) is 4.55. The van der Waals surface area contributed by atoms with Crippen LogP contribution in [0.25, 0.3) is 0 Å². The van der Waals surface area contributed by atoms with Crippen molar-refractivity contribution in [2.24, 2.45) is 0 Å². The average molecular weight is 300 g/mol. The van der Waals surface area contributed by atoms with Crippen LogP contribution in [0.3, 0.4) is 0 Å². The van der Waals surface area contributed by atoms with Crippen LogP contribution in [-0.2, 0) is 14.3 Å². The van der Waals surface area contributed by atoms with Crippen LogP contribution >= 0.6 is 0 Å². The second-order valence-corrected chi connectivity index (χ2v) is 5.78. The summed E-state index contributed by atoms with van der Waals surface area (Å²) in [5.41, 5.74) is -8.12. The third-order valence-corrected chi connectivity index (χ3v) is 3.63. The molecule has 0 N–H and O–H groups in total. The zero-order chi connectivity index (χ0) is 14.2. The van der Waals surface area contributed by atoms with Gasteiger partial charge in [-0.05, 0) is 12.8 Å². The fraction of sp³-hybridized carbons (Fsp3) is 1.00. The summed E-state index contributed by atoms with van der Waals surface area (Å²) in [6, 6.07) is 0. The Hall–Kier alpha value is -0.510. The quantitative estimate of drug-likeness (QED) is 0.457. The van der Waals surface area contributed by atoms with Crippen molar-refractivity contribution in [3.8, 4) is 0 Å². The molecule has 108 valence electrons. The van der Waals surface area contributed by atoms with Crippen LogP contribution in [0.15, 0.2) is 0 Å². The first-order valence-electron chi connectivity index (χ1n) is 4.89. The minimum Gasteiger partial charge on any atom is -0.260 e. The van der Waals surface area contributed by atoms with Gasteiger partial charge >= 0.3 is 15.6 Å². The van der Waals surface area contributed by atoms with Crippen LogP contribution in [0.2, 0.25) is 0 Å². The molecule has 0 spiro atoms. The molecule has 0 radical (unpaired) electrons.